The van der Waals surface area contributed by atoms with E-state index in [1.807, 2.05) is 13.8 Å². The van der Waals surface area contributed by atoms with E-state index in [0.717, 1.165) is 11.4 Å². The van der Waals surface area contributed by atoms with Gasteiger partial charge in [-0.2, -0.15) is 0 Å². The Morgan fingerprint density at radius 2 is 2.00 bits per heavy atom. The molecule has 2 rings (SSSR count). The maximum Gasteiger partial charge on any atom is 0.209 e. The van der Waals surface area contributed by atoms with Gasteiger partial charge < -0.3 is 0 Å². The van der Waals surface area contributed by atoms with Crippen LogP contribution in [-0.4, -0.2) is 15.2 Å². The molecule has 84 valence electrons. The second kappa shape index (κ2) is 4.65. The molecule has 0 amide bonds. The molecule has 0 fully saturated rings. The summed E-state index contributed by atoms with van der Waals surface area (Å²) in [7, 11) is 0. The molecule has 16 heavy (non-hydrogen) atoms. The number of rotatable bonds is 3. The molecule has 1 N–H and O–H groups in total. The van der Waals surface area contributed by atoms with Crippen LogP contribution in [-0.2, 0) is 0 Å². The minimum Gasteiger partial charge on any atom is -0.262 e. The number of halogens is 1. The van der Waals surface area contributed by atoms with E-state index in [2.05, 4.69) is 15.2 Å². The van der Waals surface area contributed by atoms with Crippen molar-refractivity contribution in [1.82, 2.24) is 15.2 Å². The van der Waals surface area contributed by atoms with Crippen molar-refractivity contribution in [3.63, 3.8) is 0 Å². The summed E-state index contributed by atoms with van der Waals surface area (Å²) < 4.78 is 12.7. The van der Waals surface area contributed by atoms with Gasteiger partial charge >= 0.3 is 0 Å². The van der Waals surface area contributed by atoms with E-state index in [9.17, 15) is 4.39 Å². The fourth-order valence-electron chi connectivity index (χ4n) is 1.33. The average Bonchev–Trinajstić information content (AvgIpc) is 2.65. The molecule has 0 saturated carbocycles. The number of aromatic nitrogens is 3. The number of nitrogens with zero attached hydrogens (tertiary/aromatic N) is 2. The van der Waals surface area contributed by atoms with Gasteiger partial charge in [0.15, 0.2) is 0 Å². The van der Waals surface area contributed by atoms with Crippen molar-refractivity contribution in [2.24, 2.45) is 0 Å². The number of H-pyrrole nitrogens is 1. The standard InChI is InChI=1S/C11H12FN3S/c1-7(9-3-5-10(12)6-4-9)16-11-13-8(2)14-15-11/h3-7H,1-2H3,(H,13,14,15). The number of nitrogens with one attached hydrogen (secondary N) is 1. The van der Waals surface area contributed by atoms with Crippen LogP contribution in [0.3, 0.4) is 0 Å². The van der Waals surface area contributed by atoms with Crippen LogP contribution in [0.25, 0.3) is 0 Å². The van der Waals surface area contributed by atoms with Crippen LogP contribution in [0.2, 0.25) is 0 Å². The number of aromatic amines is 1. The fraction of sp³-hybridized carbons (Fsp3) is 0.273. The lowest BCUT2D eigenvalue weighted by Gasteiger charge is -2.08. The molecule has 3 nitrogen and oxygen atoms in total. The third-order valence-electron chi connectivity index (χ3n) is 2.20. The molecule has 0 aliphatic heterocycles. The molecule has 1 unspecified atom stereocenters. The van der Waals surface area contributed by atoms with Crippen LogP contribution in [0.4, 0.5) is 4.39 Å². The molecule has 0 aliphatic rings. The third-order valence-corrected chi connectivity index (χ3v) is 3.22. The van der Waals surface area contributed by atoms with Crippen LogP contribution in [0.15, 0.2) is 29.4 Å². The second-order valence-corrected chi connectivity index (χ2v) is 4.82. The van der Waals surface area contributed by atoms with E-state index in [4.69, 9.17) is 0 Å². The molecule has 1 aromatic carbocycles. The van der Waals surface area contributed by atoms with Crippen molar-refractivity contribution < 1.29 is 4.39 Å². The van der Waals surface area contributed by atoms with Crippen LogP contribution >= 0.6 is 11.8 Å². The number of thioether (sulfide) groups is 1. The molecule has 1 atom stereocenters. The Morgan fingerprint density at radius 1 is 1.31 bits per heavy atom. The lowest BCUT2D eigenvalue weighted by Crippen LogP contribution is -1.89. The van der Waals surface area contributed by atoms with Gasteiger partial charge in [-0.25, -0.2) is 9.37 Å². The lowest BCUT2D eigenvalue weighted by molar-refractivity contribution is 0.627. The normalized spacial score (nSPS) is 12.7. The summed E-state index contributed by atoms with van der Waals surface area (Å²) in [6.45, 7) is 3.91. The molecule has 2 aromatic rings. The first-order valence-electron chi connectivity index (χ1n) is 4.96. The highest BCUT2D eigenvalue weighted by Crippen LogP contribution is 2.32. The summed E-state index contributed by atoms with van der Waals surface area (Å²) in [5, 5.41) is 7.77. The smallest absolute Gasteiger partial charge is 0.209 e. The highest BCUT2D eigenvalue weighted by Gasteiger charge is 2.10. The largest absolute Gasteiger partial charge is 0.262 e. The molecule has 0 bridgehead atoms. The quantitative estimate of drug-likeness (QED) is 0.834. The highest BCUT2D eigenvalue weighted by atomic mass is 32.2. The Balaban J connectivity index is 2.08. The van der Waals surface area contributed by atoms with E-state index in [1.54, 1.807) is 23.9 Å². The summed E-state index contributed by atoms with van der Waals surface area (Å²) in [6, 6.07) is 6.50. The van der Waals surface area contributed by atoms with Crippen molar-refractivity contribution >= 4 is 11.8 Å². The summed E-state index contributed by atoms with van der Waals surface area (Å²) in [6.07, 6.45) is 0. The molecule has 0 radical (unpaired) electrons. The van der Waals surface area contributed by atoms with Crippen molar-refractivity contribution in [2.45, 2.75) is 24.3 Å². The van der Waals surface area contributed by atoms with Gasteiger partial charge in [0.25, 0.3) is 0 Å². The maximum absolute atomic E-state index is 12.7. The molecular weight excluding hydrogens is 225 g/mol. The van der Waals surface area contributed by atoms with Gasteiger partial charge in [0, 0.05) is 5.25 Å². The Labute approximate surface area is 97.5 Å². The zero-order valence-corrected chi connectivity index (χ0v) is 9.88. The minimum atomic E-state index is -0.213. The Hall–Kier alpha value is -1.36. The Bertz CT molecular complexity index is 466. The van der Waals surface area contributed by atoms with Crippen molar-refractivity contribution in [3.8, 4) is 0 Å². The van der Waals surface area contributed by atoms with Gasteiger partial charge in [0.1, 0.15) is 11.6 Å². The van der Waals surface area contributed by atoms with Crippen LogP contribution in [0.5, 0.6) is 0 Å². The molecule has 1 aromatic heterocycles. The average molecular weight is 237 g/mol. The first-order chi connectivity index (χ1) is 7.65. The van der Waals surface area contributed by atoms with Crippen LogP contribution in [0.1, 0.15) is 23.6 Å². The minimum absolute atomic E-state index is 0.204. The summed E-state index contributed by atoms with van der Waals surface area (Å²) >= 11 is 1.55. The Kier molecular flexibility index (Phi) is 3.24. The van der Waals surface area contributed by atoms with Gasteiger partial charge in [-0.05, 0) is 31.5 Å². The first-order valence-corrected chi connectivity index (χ1v) is 5.84. The monoisotopic (exact) mass is 237 g/mol. The lowest BCUT2D eigenvalue weighted by atomic mass is 10.2. The van der Waals surface area contributed by atoms with Crippen molar-refractivity contribution in [3.05, 3.63) is 41.5 Å². The molecule has 0 saturated heterocycles. The number of hydrogen-bond acceptors (Lipinski definition) is 3. The number of benzene rings is 1. The summed E-state index contributed by atoms with van der Waals surface area (Å²) in [4.78, 5) is 4.22. The molecule has 0 spiro atoms. The fourth-order valence-corrected chi connectivity index (χ4v) is 2.23. The van der Waals surface area contributed by atoms with Crippen LogP contribution < -0.4 is 0 Å². The van der Waals surface area contributed by atoms with E-state index in [1.165, 1.54) is 12.1 Å². The molecular formula is C11H12FN3S. The highest BCUT2D eigenvalue weighted by molar-refractivity contribution is 7.99. The van der Waals surface area contributed by atoms with E-state index >= 15 is 0 Å². The Morgan fingerprint density at radius 3 is 2.56 bits per heavy atom. The van der Waals surface area contributed by atoms with Gasteiger partial charge in [-0.3, -0.25) is 5.10 Å². The molecule has 5 heteroatoms. The number of hydrogen-bond donors (Lipinski definition) is 1. The number of aryl methyl sites for hydroxylation is 1. The van der Waals surface area contributed by atoms with Crippen molar-refractivity contribution in [1.29, 1.82) is 0 Å². The third kappa shape index (κ3) is 2.61. The zero-order valence-electron chi connectivity index (χ0n) is 9.07. The maximum atomic E-state index is 12.7. The summed E-state index contributed by atoms with van der Waals surface area (Å²) in [5.74, 6) is 0.587. The summed E-state index contributed by atoms with van der Waals surface area (Å²) in [5.41, 5.74) is 1.06. The first kappa shape index (κ1) is 11.1. The zero-order chi connectivity index (χ0) is 11.5. The van der Waals surface area contributed by atoms with Gasteiger partial charge in [0.05, 0.1) is 0 Å². The molecule has 0 aliphatic carbocycles. The van der Waals surface area contributed by atoms with E-state index in [0.29, 0.717) is 5.16 Å². The second-order valence-electron chi connectivity index (χ2n) is 3.52. The topological polar surface area (TPSA) is 41.6 Å². The van der Waals surface area contributed by atoms with Crippen LogP contribution in [0, 0.1) is 12.7 Å². The van der Waals surface area contributed by atoms with Gasteiger partial charge in [-0.1, -0.05) is 23.9 Å². The van der Waals surface area contributed by atoms with Gasteiger partial charge in [0.2, 0.25) is 5.16 Å². The van der Waals surface area contributed by atoms with Gasteiger partial charge in [-0.15, -0.1) is 5.10 Å². The SMILES string of the molecule is Cc1nc(SC(C)c2ccc(F)cc2)n[nH]1. The van der Waals surface area contributed by atoms with Crippen molar-refractivity contribution in [2.75, 3.05) is 0 Å². The predicted octanol–water partition coefficient (Wildman–Crippen LogP) is 3.11. The van der Waals surface area contributed by atoms with E-state index in [-0.39, 0.29) is 11.1 Å². The predicted molar refractivity (Wildman–Crippen MR) is 61.8 cm³/mol. The van der Waals surface area contributed by atoms with E-state index < -0.39 is 0 Å². The molecule has 1 heterocycles.